The van der Waals surface area contributed by atoms with Gasteiger partial charge in [0.25, 0.3) is 5.91 Å². The number of carbonyl (C=O) groups excluding carboxylic acids is 3. The number of alkyl halides is 2. The van der Waals surface area contributed by atoms with Crippen LogP contribution in [0.2, 0.25) is 0 Å². The molecule has 0 saturated heterocycles. The summed E-state index contributed by atoms with van der Waals surface area (Å²) < 4.78 is 33.0. The van der Waals surface area contributed by atoms with Gasteiger partial charge in [-0.2, -0.15) is 8.78 Å². The van der Waals surface area contributed by atoms with E-state index < -0.39 is 31.1 Å². The fourth-order valence-corrected chi connectivity index (χ4v) is 1.97. The smallest absolute Gasteiger partial charge is 0.387 e. The van der Waals surface area contributed by atoms with Crippen molar-refractivity contribution in [2.24, 2.45) is 0 Å². The number of ether oxygens (including phenoxy) is 2. The zero-order valence-corrected chi connectivity index (χ0v) is 14.0. The standard InChI is InChI=1S/C18H16F2N2O5/c19-17(20)27-14-8-6-13(7-9-14)16(24)26-11-15(23)22-18(25)21-10-12-4-2-1-3-5-12/h1-9,17H,10-11H2,(H2,21,22,23,25). The van der Waals surface area contributed by atoms with Gasteiger partial charge in [-0.15, -0.1) is 0 Å². The summed E-state index contributed by atoms with van der Waals surface area (Å²) in [6.45, 7) is -3.42. The molecule has 0 heterocycles. The largest absolute Gasteiger partial charge is 0.452 e. The number of rotatable bonds is 7. The van der Waals surface area contributed by atoms with Gasteiger partial charge in [0.2, 0.25) is 0 Å². The molecule has 0 fully saturated rings. The highest BCUT2D eigenvalue weighted by Gasteiger charge is 2.13. The summed E-state index contributed by atoms with van der Waals surface area (Å²) in [5, 5.41) is 4.50. The first-order valence-corrected chi connectivity index (χ1v) is 7.77. The van der Waals surface area contributed by atoms with Gasteiger partial charge in [0.05, 0.1) is 5.56 Å². The van der Waals surface area contributed by atoms with E-state index >= 15 is 0 Å². The highest BCUT2D eigenvalue weighted by Crippen LogP contribution is 2.15. The van der Waals surface area contributed by atoms with Crippen LogP contribution in [0.5, 0.6) is 5.75 Å². The van der Waals surface area contributed by atoms with Gasteiger partial charge in [0, 0.05) is 6.54 Å². The molecule has 0 aliphatic rings. The van der Waals surface area contributed by atoms with Crippen molar-refractivity contribution >= 4 is 17.9 Å². The van der Waals surface area contributed by atoms with Crippen molar-refractivity contribution < 1.29 is 32.6 Å². The molecule has 0 unspecified atom stereocenters. The molecule has 2 rings (SSSR count). The van der Waals surface area contributed by atoms with Gasteiger partial charge in [0.15, 0.2) is 6.61 Å². The Hall–Kier alpha value is -3.49. The lowest BCUT2D eigenvalue weighted by Crippen LogP contribution is -2.41. The molecule has 0 aliphatic heterocycles. The van der Waals surface area contributed by atoms with E-state index in [1.807, 2.05) is 35.6 Å². The lowest BCUT2D eigenvalue weighted by molar-refractivity contribution is -0.123. The van der Waals surface area contributed by atoms with Crippen molar-refractivity contribution in [3.05, 3.63) is 65.7 Å². The van der Waals surface area contributed by atoms with E-state index in [0.29, 0.717) is 0 Å². The lowest BCUT2D eigenvalue weighted by Gasteiger charge is -2.08. The van der Waals surface area contributed by atoms with Crippen LogP contribution < -0.4 is 15.4 Å². The molecular formula is C18H16F2N2O5. The van der Waals surface area contributed by atoms with Crippen molar-refractivity contribution in [1.29, 1.82) is 0 Å². The van der Waals surface area contributed by atoms with Crippen LogP contribution in [-0.2, 0) is 16.1 Å². The molecule has 2 aromatic carbocycles. The zero-order valence-electron chi connectivity index (χ0n) is 14.0. The number of benzene rings is 2. The lowest BCUT2D eigenvalue weighted by atomic mass is 10.2. The fraction of sp³-hybridized carbons (Fsp3) is 0.167. The Balaban J connectivity index is 1.72. The Kier molecular flexibility index (Phi) is 7.24. The van der Waals surface area contributed by atoms with Crippen molar-refractivity contribution in [2.75, 3.05) is 6.61 Å². The summed E-state index contributed by atoms with van der Waals surface area (Å²) in [5.41, 5.74) is 0.892. The maximum atomic E-state index is 12.1. The number of esters is 1. The molecule has 0 aromatic heterocycles. The van der Waals surface area contributed by atoms with Crippen LogP contribution in [0.1, 0.15) is 15.9 Å². The van der Waals surface area contributed by atoms with Crippen LogP contribution in [-0.4, -0.2) is 31.1 Å². The van der Waals surface area contributed by atoms with E-state index in [0.717, 1.165) is 5.56 Å². The van der Waals surface area contributed by atoms with Gasteiger partial charge < -0.3 is 14.8 Å². The highest BCUT2D eigenvalue weighted by atomic mass is 19.3. The Morgan fingerprint density at radius 2 is 1.63 bits per heavy atom. The van der Waals surface area contributed by atoms with Gasteiger partial charge in [-0.05, 0) is 29.8 Å². The molecule has 0 aliphatic carbocycles. The van der Waals surface area contributed by atoms with Crippen LogP contribution in [0.4, 0.5) is 13.6 Å². The third-order valence-electron chi connectivity index (χ3n) is 3.20. The molecule has 2 aromatic rings. The third-order valence-corrected chi connectivity index (χ3v) is 3.20. The summed E-state index contributed by atoms with van der Waals surface area (Å²) in [6, 6.07) is 13.1. The Morgan fingerprint density at radius 1 is 0.963 bits per heavy atom. The number of hydrogen-bond donors (Lipinski definition) is 2. The highest BCUT2D eigenvalue weighted by molar-refractivity contribution is 5.97. The Bertz CT molecular complexity index is 782. The molecular weight excluding hydrogens is 362 g/mol. The second-order valence-corrected chi connectivity index (χ2v) is 5.20. The van der Waals surface area contributed by atoms with Gasteiger partial charge >= 0.3 is 18.6 Å². The van der Waals surface area contributed by atoms with Gasteiger partial charge in [-0.25, -0.2) is 9.59 Å². The molecule has 0 atom stereocenters. The molecule has 2 N–H and O–H groups in total. The topological polar surface area (TPSA) is 93.7 Å². The predicted molar refractivity (Wildman–Crippen MR) is 90.2 cm³/mol. The number of carbonyl (C=O) groups is 3. The summed E-state index contributed by atoms with van der Waals surface area (Å²) in [7, 11) is 0. The van der Waals surface area contributed by atoms with E-state index in [4.69, 9.17) is 4.74 Å². The maximum Gasteiger partial charge on any atom is 0.387 e. The van der Waals surface area contributed by atoms with Crippen LogP contribution >= 0.6 is 0 Å². The molecule has 3 amide bonds. The van der Waals surface area contributed by atoms with E-state index in [2.05, 4.69) is 10.1 Å². The minimum Gasteiger partial charge on any atom is -0.452 e. The minimum absolute atomic E-state index is 0.0398. The number of nitrogens with one attached hydrogen (secondary N) is 2. The van der Waals surface area contributed by atoms with Crippen LogP contribution in [0, 0.1) is 0 Å². The van der Waals surface area contributed by atoms with E-state index in [-0.39, 0.29) is 17.9 Å². The number of amides is 3. The normalized spacial score (nSPS) is 10.2. The molecule has 142 valence electrons. The number of imide groups is 1. The quantitative estimate of drug-likeness (QED) is 0.722. The summed E-state index contributed by atoms with van der Waals surface area (Å²) >= 11 is 0. The molecule has 0 spiro atoms. The fourth-order valence-electron chi connectivity index (χ4n) is 1.97. The number of urea groups is 1. The Labute approximate surface area is 153 Å². The van der Waals surface area contributed by atoms with E-state index in [1.54, 1.807) is 0 Å². The summed E-state index contributed by atoms with van der Waals surface area (Å²) in [4.78, 5) is 35.0. The van der Waals surface area contributed by atoms with E-state index in [9.17, 15) is 23.2 Å². The van der Waals surface area contributed by atoms with Gasteiger partial charge in [-0.1, -0.05) is 30.3 Å². The van der Waals surface area contributed by atoms with Crippen LogP contribution in [0.3, 0.4) is 0 Å². The molecule has 0 bridgehead atoms. The number of hydrogen-bond acceptors (Lipinski definition) is 5. The first-order valence-electron chi connectivity index (χ1n) is 7.77. The summed E-state index contributed by atoms with van der Waals surface area (Å²) in [5.74, 6) is -1.78. The molecule has 0 radical (unpaired) electrons. The van der Waals surface area contributed by atoms with Crippen molar-refractivity contribution in [1.82, 2.24) is 10.6 Å². The maximum absolute atomic E-state index is 12.1. The van der Waals surface area contributed by atoms with Crippen LogP contribution in [0.15, 0.2) is 54.6 Å². The van der Waals surface area contributed by atoms with Gasteiger partial charge in [-0.3, -0.25) is 10.1 Å². The van der Waals surface area contributed by atoms with Crippen LogP contribution in [0.25, 0.3) is 0 Å². The monoisotopic (exact) mass is 378 g/mol. The number of halogens is 2. The van der Waals surface area contributed by atoms with Crippen molar-refractivity contribution in [3.63, 3.8) is 0 Å². The predicted octanol–water partition coefficient (Wildman–Crippen LogP) is 2.47. The van der Waals surface area contributed by atoms with Crippen molar-refractivity contribution in [2.45, 2.75) is 13.2 Å². The molecule has 7 nitrogen and oxygen atoms in total. The molecule has 0 saturated carbocycles. The summed E-state index contributed by atoms with van der Waals surface area (Å²) in [6.07, 6.45) is 0. The average Bonchev–Trinajstić information content (AvgIpc) is 2.65. The average molecular weight is 378 g/mol. The minimum atomic E-state index is -2.97. The second-order valence-electron chi connectivity index (χ2n) is 5.20. The van der Waals surface area contributed by atoms with Gasteiger partial charge in [0.1, 0.15) is 5.75 Å². The second kappa shape index (κ2) is 9.85. The SMILES string of the molecule is O=C(COC(=O)c1ccc(OC(F)F)cc1)NC(=O)NCc1ccccc1. The van der Waals surface area contributed by atoms with Crippen molar-refractivity contribution in [3.8, 4) is 5.75 Å². The molecule has 27 heavy (non-hydrogen) atoms. The Morgan fingerprint density at radius 3 is 2.26 bits per heavy atom. The molecule has 9 heteroatoms. The first-order chi connectivity index (χ1) is 12.9. The third kappa shape index (κ3) is 7.10. The first kappa shape index (κ1) is 19.8. The zero-order chi connectivity index (χ0) is 19.6. The van der Waals surface area contributed by atoms with E-state index in [1.165, 1.54) is 24.3 Å².